The molecule has 1 amide bonds. The molecule has 1 aromatic heterocycles. The van der Waals surface area contributed by atoms with Crippen molar-refractivity contribution in [3.8, 4) is 11.5 Å². The third-order valence-corrected chi connectivity index (χ3v) is 4.87. The summed E-state index contributed by atoms with van der Waals surface area (Å²) in [7, 11) is 1.35. The predicted molar refractivity (Wildman–Crippen MR) is 97.8 cm³/mol. The second kappa shape index (κ2) is 7.84. The van der Waals surface area contributed by atoms with Crippen LogP contribution < -0.4 is 10.1 Å². The first-order chi connectivity index (χ1) is 13.3. The molecule has 2 aromatic rings. The molecule has 2 N–H and O–H groups in total. The highest BCUT2D eigenvalue weighted by atomic mass is 19.1. The summed E-state index contributed by atoms with van der Waals surface area (Å²) < 4.78 is 23.9. The first kappa shape index (κ1) is 19.6. The van der Waals surface area contributed by atoms with Crippen LogP contribution in [0.5, 0.6) is 11.5 Å². The Labute approximate surface area is 161 Å². The number of pyridine rings is 1. The molecule has 3 rings (SSSR count). The number of hydrogen-bond acceptors (Lipinski definition) is 6. The highest BCUT2D eigenvalue weighted by Crippen LogP contribution is 2.35. The number of hydrogen-bond donors (Lipinski definition) is 2. The molecule has 1 heterocycles. The lowest BCUT2D eigenvalue weighted by Gasteiger charge is -2.20. The summed E-state index contributed by atoms with van der Waals surface area (Å²) in [6, 6.07) is 4.97. The van der Waals surface area contributed by atoms with Crippen LogP contribution in [0.1, 0.15) is 41.4 Å². The molecule has 0 radical (unpaired) electrons. The second-order valence-corrected chi connectivity index (χ2v) is 6.72. The Morgan fingerprint density at radius 2 is 2.11 bits per heavy atom. The molecular formula is C20H21FN2O5. The molecule has 1 aliphatic carbocycles. The molecule has 0 fully saturated rings. The van der Waals surface area contributed by atoms with Gasteiger partial charge in [0.05, 0.1) is 7.11 Å². The zero-order chi connectivity index (χ0) is 20.4. The lowest BCUT2D eigenvalue weighted by molar-refractivity contribution is -0.151. The Hall–Kier alpha value is -3.16. The van der Waals surface area contributed by atoms with Gasteiger partial charge in [-0.3, -0.25) is 4.79 Å². The maximum atomic E-state index is 13.4. The van der Waals surface area contributed by atoms with Gasteiger partial charge in [-0.05, 0) is 30.2 Å². The number of rotatable bonds is 5. The Morgan fingerprint density at radius 1 is 1.36 bits per heavy atom. The first-order valence-corrected chi connectivity index (χ1v) is 8.83. The molecule has 0 spiro atoms. The van der Waals surface area contributed by atoms with Crippen LogP contribution in [-0.2, 0) is 16.0 Å². The number of carbonyl (C=O) groups excluding carboxylic acids is 2. The lowest BCUT2D eigenvalue weighted by atomic mass is 10.0. The van der Waals surface area contributed by atoms with Gasteiger partial charge in [0.15, 0.2) is 17.2 Å². The summed E-state index contributed by atoms with van der Waals surface area (Å²) in [4.78, 5) is 28.6. The third-order valence-electron chi connectivity index (χ3n) is 4.87. The van der Waals surface area contributed by atoms with Crippen LogP contribution in [0, 0.1) is 5.82 Å². The zero-order valence-electron chi connectivity index (χ0n) is 15.7. The maximum Gasteiger partial charge on any atom is 0.328 e. The van der Waals surface area contributed by atoms with Crippen LogP contribution in [0.3, 0.4) is 0 Å². The van der Waals surface area contributed by atoms with Crippen molar-refractivity contribution in [2.24, 2.45) is 0 Å². The quantitative estimate of drug-likeness (QED) is 0.763. The highest BCUT2D eigenvalue weighted by molar-refractivity contribution is 5.97. The van der Waals surface area contributed by atoms with Gasteiger partial charge >= 0.3 is 5.97 Å². The van der Waals surface area contributed by atoms with Crippen LogP contribution in [0.4, 0.5) is 4.39 Å². The number of esters is 1. The lowest BCUT2D eigenvalue weighted by Crippen LogP contribution is -2.41. The van der Waals surface area contributed by atoms with E-state index in [9.17, 15) is 19.1 Å². The van der Waals surface area contributed by atoms with Crippen molar-refractivity contribution in [2.75, 3.05) is 7.11 Å². The normalized spacial score (nSPS) is 18.9. The van der Waals surface area contributed by atoms with Crippen molar-refractivity contribution >= 4 is 11.9 Å². The van der Waals surface area contributed by atoms with Crippen LogP contribution in [0.25, 0.3) is 0 Å². The zero-order valence-corrected chi connectivity index (χ0v) is 15.7. The van der Waals surface area contributed by atoms with E-state index in [4.69, 9.17) is 9.47 Å². The molecule has 0 saturated carbocycles. The van der Waals surface area contributed by atoms with Crippen molar-refractivity contribution in [1.82, 2.24) is 10.3 Å². The van der Waals surface area contributed by atoms with Crippen molar-refractivity contribution in [1.29, 1.82) is 0 Å². The molecule has 2 unspecified atom stereocenters. The number of ether oxygens (including phenoxy) is 2. The molecule has 7 nitrogen and oxygen atoms in total. The fourth-order valence-corrected chi connectivity index (χ4v) is 3.28. The third kappa shape index (κ3) is 3.76. The number of methoxy groups -OCH3 is 1. The minimum Gasteiger partial charge on any atom is -0.503 e. The number of carbonyl (C=O) groups is 2. The van der Waals surface area contributed by atoms with E-state index < -0.39 is 29.8 Å². The average Bonchev–Trinajstić information content (AvgIpc) is 2.96. The number of fused-ring (bicyclic) bond motifs is 1. The number of aromatic nitrogens is 1. The fraction of sp³-hybridized carbons (Fsp3) is 0.350. The molecule has 28 heavy (non-hydrogen) atoms. The number of amides is 1. The minimum absolute atomic E-state index is 0.0773. The largest absolute Gasteiger partial charge is 0.503 e. The number of nitrogens with zero attached hydrogens (tertiary/aromatic N) is 1. The van der Waals surface area contributed by atoms with Crippen molar-refractivity contribution in [3.63, 3.8) is 0 Å². The molecule has 0 saturated heterocycles. The SMILES string of the molecule is COc1ccnc(C(=O)N[C@@H](C)C(=O)OC2Cc3cc(F)ccc3C2C)c1O. The van der Waals surface area contributed by atoms with Gasteiger partial charge in [0.25, 0.3) is 5.91 Å². The van der Waals surface area contributed by atoms with Crippen LogP contribution in [0.15, 0.2) is 30.5 Å². The van der Waals surface area contributed by atoms with Gasteiger partial charge in [0, 0.05) is 24.6 Å². The van der Waals surface area contributed by atoms with Gasteiger partial charge in [-0.2, -0.15) is 0 Å². The van der Waals surface area contributed by atoms with Gasteiger partial charge in [-0.15, -0.1) is 0 Å². The standard InChI is InChI=1S/C20H21FN2O5/c1-10-14-5-4-13(21)8-12(14)9-16(10)28-20(26)11(2)23-19(25)17-18(24)15(27-3)6-7-22-17/h4-8,10-11,16,24H,9H2,1-3H3,(H,23,25)/t10?,11-,16?/m0/s1. The van der Waals surface area contributed by atoms with Crippen molar-refractivity contribution in [2.45, 2.75) is 38.3 Å². The summed E-state index contributed by atoms with van der Waals surface area (Å²) in [5.74, 6) is -2.08. The number of aromatic hydroxyl groups is 1. The van der Waals surface area contributed by atoms with E-state index in [0.29, 0.717) is 6.42 Å². The molecule has 0 aliphatic heterocycles. The van der Waals surface area contributed by atoms with Gasteiger partial charge in [0.2, 0.25) is 0 Å². The molecule has 0 bridgehead atoms. The Bertz CT molecular complexity index is 917. The van der Waals surface area contributed by atoms with E-state index in [1.807, 2.05) is 6.92 Å². The van der Waals surface area contributed by atoms with Gasteiger partial charge < -0.3 is 19.9 Å². The van der Waals surface area contributed by atoms with E-state index in [0.717, 1.165) is 11.1 Å². The summed E-state index contributed by atoms with van der Waals surface area (Å²) in [5, 5.41) is 12.5. The van der Waals surface area contributed by atoms with Gasteiger partial charge in [0.1, 0.15) is 18.0 Å². The van der Waals surface area contributed by atoms with Crippen molar-refractivity contribution in [3.05, 3.63) is 53.1 Å². The summed E-state index contributed by atoms with van der Waals surface area (Å²) in [6.07, 6.45) is 1.29. The number of halogens is 1. The van der Waals surface area contributed by atoms with E-state index in [-0.39, 0.29) is 23.2 Å². The first-order valence-electron chi connectivity index (χ1n) is 8.83. The molecular weight excluding hydrogens is 367 g/mol. The van der Waals surface area contributed by atoms with E-state index >= 15 is 0 Å². The summed E-state index contributed by atoms with van der Waals surface area (Å²) in [6.45, 7) is 3.38. The van der Waals surface area contributed by atoms with Crippen LogP contribution in [-0.4, -0.2) is 41.2 Å². The highest BCUT2D eigenvalue weighted by Gasteiger charge is 2.34. The average molecular weight is 388 g/mol. The number of nitrogens with one attached hydrogen (secondary N) is 1. The minimum atomic E-state index is -0.965. The van der Waals surface area contributed by atoms with Crippen LogP contribution in [0.2, 0.25) is 0 Å². The van der Waals surface area contributed by atoms with E-state index in [1.54, 1.807) is 6.07 Å². The molecule has 3 atom stereocenters. The molecule has 1 aliphatic rings. The second-order valence-electron chi connectivity index (χ2n) is 6.72. The van der Waals surface area contributed by atoms with Crippen LogP contribution >= 0.6 is 0 Å². The van der Waals surface area contributed by atoms with Gasteiger partial charge in [-0.1, -0.05) is 13.0 Å². The molecule has 1 aromatic carbocycles. The monoisotopic (exact) mass is 388 g/mol. The maximum absolute atomic E-state index is 13.4. The topological polar surface area (TPSA) is 97.8 Å². The smallest absolute Gasteiger partial charge is 0.328 e. The molecule has 8 heteroatoms. The Kier molecular flexibility index (Phi) is 5.48. The Morgan fingerprint density at radius 3 is 2.82 bits per heavy atom. The fourth-order valence-electron chi connectivity index (χ4n) is 3.28. The predicted octanol–water partition coefficient (Wildman–Crippen LogP) is 2.32. The Balaban J connectivity index is 1.63. The van der Waals surface area contributed by atoms with E-state index in [2.05, 4.69) is 10.3 Å². The summed E-state index contributed by atoms with van der Waals surface area (Å²) in [5.41, 5.74) is 1.50. The van der Waals surface area contributed by atoms with Crippen molar-refractivity contribution < 1.29 is 28.6 Å². The van der Waals surface area contributed by atoms with Gasteiger partial charge in [-0.25, -0.2) is 14.2 Å². The number of benzene rings is 1. The van der Waals surface area contributed by atoms with E-state index in [1.165, 1.54) is 38.4 Å². The molecule has 148 valence electrons. The summed E-state index contributed by atoms with van der Waals surface area (Å²) >= 11 is 0.